The van der Waals surface area contributed by atoms with Crippen molar-refractivity contribution in [2.24, 2.45) is 0 Å². The van der Waals surface area contributed by atoms with Crippen molar-refractivity contribution in [2.45, 2.75) is 0 Å². The summed E-state index contributed by atoms with van der Waals surface area (Å²) in [6.07, 6.45) is 0. The van der Waals surface area contributed by atoms with Crippen LogP contribution in [0.25, 0.3) is 164 Å². The Kier molecular flexibility index (Phi) is 10.6. The Morgan fingerprint density at radius 2 is 0.609 bits per heavy atom. The molecule has 5 heterocycles. The quantitative estimate of drug-likeness (QED) is 0.160. The van der Waals surface area contributed by atoms with Gasteiger partial charge >= 0.3 is 0 Å². The van der Waals surface area contributed by atoms with Crippen molar-refractivity contribution in [1.82, 2.24) is 18.3 Å². The van der Waals surface area contributed by atoms with E-state index in [1.54, 1.807) is 11.3 Å². The minimum absolute atomic E-state index is 0.409. The summed E-state index contributed by atoms with van der Waals surface area (Å²) in [5, 5.41) is 36.7. The maximum Gasteiger partial charge on any atom is 0.104 e. The fraction of sp³-hybridized carbons (Fsp3) is 0. The van der Waals surface area contributed by atoms with Crippen molar-refractivity contribution >= 4 is 119 Å². The van der Waals surface area contributed by atoms with Gasteiger partial charge in [-0.15, -0.1) is 11.3 Å². The monoisotopic (exact) mass is 1120 g/mol. The van der Waals surface area contributed by atoms with Gasteiger partial charge in [-0.1, -0.05) is 231 Å². The topological polar surface area (TPSA) is 67.3 Å². The summed E-state index contributed by atoms with van der Waals surface area (Å²) in [7, 11) is 0. The zero-order valence-electron chi connectivity index (χ0n) is 46.6. The van der Waals surface area contributed by atoms with E-state index in [9.17, 15) is 10.5 Å². The molecule has 6 nitrogen and oxygen atoms in total. The first-order chi connectivity index (χ1) is 43.2. The van der Waals surface area contributed by atoms with Crippen LogP contribution >= 0.6 is 11.3 Å². The van der Waals surface area contributed by atoms with Crippen LogP contribution in [0.3, 0.4) is 0 Å². The van der Waals surface area contributed by atoms with Crippen LogP contribution in [-0.4, -0.2) is 18.3 Å². The Balaban J connectivity index is 1.13. The highest BCUT2D eigenvalue weighted by Crippen LogP contribution is 2.52. The number of rotatable bonds is 7. The molecule has 0 N–H and O–H groups in total. The van der Waals surface area contributed by atoms with Gasteiger partial charge in [0, 0.05) is 58.6 Å². The molecule has 0 saturated heterocycles. The van der Waals surface area contributed by atoms with Crippen molar-refractivity contribution in [2.75, 3.05) is 0 Å². The van der Waals surface area contributed by atoms with E-state index in [4.69, 9.17) is 0 Å². The Bertz CT molecular complexity index is 5820. The van der Waals surface area contributed by atoms with Gasteiger partial charge in [-0.25, -0.2) is 0 Å². The molecule has 87 heavy (non-hydrogen) atoms. The van der Waals surface area contributed by atoms with Crippen molar-refractivity contribution in [3.8, 4) is 68.3 Å². The first kappa shape index (κ1) is 48.8. The van der Waals surface area contributed by atoms with Crippen LogP contribution in [0.2, 0.25) is 0 Å². The molecular weight excluding hydrogens is 1080 g/mol. The lowest BCUT2D eigenvalue weighted by atomic mass is 9.87. The first-order valence-corrected chi connectivity index (χ1v) is 30.1. The highest BCUT2D eigenvalue weighted by molar-refractivity contribution is 7.26. The van der Waals surface area contributed by atoms with Gasteiger partial charge in [0.15, 0.2) is 0 Å². The van der Waals surface area contributed by atoms with Gasteiger partial charge < -0.3 is 18.3 Å². The average Bonchev–Trinajstić information content (AvgIpc) is 1.61. The number of nitriles is 2. The van der Waals surface area contributed by atoms with Gasteiger partial charge in [-0.3, -0.25) is 0 Å². The Morgan fingerprint density at radius 1 is 0.264 bits per heavy atom. The maximum atomic E-state index is 13.2. The Hall–Kier alpha value is -11.7. The lowest BCUT2D eigenvalue weighted by Crippen LogP contribution is -2.16. The van der Waals surface area contributed by atoms with Gasteiger partial charge in [0.2, 0.25) is 0 Å². The van der Waals surface area contributed by atoms with E-state index >= 15 is 0 Å². The SMILES string of the molecule is N#Cc1c(-n2c3ccccc3c3ccccc32)c(-n2c3ccccc3c3ccccc32)c(C#N)c(-n2c3cc(-c4c(-c5ccccc5)cccc4-c4ccccc4)ccc3c3ccc4c5ccccc5sc4c32)c1-n1c2ccccc2c2ccccc21. The fourth-order valence-corrected chi connectivity index (χ4v) is 15.8. The normalized spacial score (nSPS) is 11.9. The highest BCUT2D eigenvalue weighted by Gasteiger charge is 2.35. The Morgan fingerprint density at radius 3 is 1.03 bits per heavy atom. The Labute approximate surface area is 502 Å². The first-order valence-electron chi connectivity index (χ1n) is 29.3. The molecule has 0 fully saturated rings. The largest absolute Gasteiger partial charge is 0.306 e. The summed E-state index contributed by atoms with van der Waals surface area (Å²) in [6, 6.07) is 105. The predicted molar refractivity (Wildman–Crippen MR) is 362 cm³/mol. The van der Waals surface area contributed by atoms with Crippen LogP contribution in [0.1, 0.15) is 11.1 Å². The van der Waals surface area contributed by atoms with E-state index in [1.165, 1.54) is 0 Å². The summed E-state index contributed by atoms with van der Waals surface area (Å²) < 4.78 is 11.5. The molecule has 18 rings (SSSR count). The number of thiophene rings is 1. The summed E-state index contributed by atoms with van der Waals surface area (Å²) in [6.45, 7) is 0. The summed E-state index contributed by atoms with van der Waals surface area (Å²) in [5.41, 5.74) is 17.1. The predicted octanol–water partition coefficient (Wildman–Crippen LogP) is 21.2. The van der Waals surface area contributed by atoms with Crippen molar-refractivity contribution in [3.05, 3.63) is 290 Å². The second-order valence-electron chi connectivity index (χ2n) is 22.4. The van der Waals surface area contributed by atoms with Gasteiger partial charge in [0.1, 0.15) is 23.3 Å². The molecule has 13 aromatic carbocycles. The van der Waals surface area contributed by atoms with E-state index in [0.29, 0.717) is 33.9 Å². The molecule has 402 valence electrons. The molecule has 0 aliphatic carbocycles. The van der Waals surface area contributed by atoms with E-state index in [-0.39, 0.29) is 0 Å². The molecule has 0 atom stereocenters. The lowest BCUT2D eigenvalue weighted by Gasteiger charge is -2.27. The third-order valence-corrected chi connectivity index (χ3v) is 19.2. The molecule has 0 spiro atoms. The number of nitrogens with zero attached hydrogens (tertiary/aromatic N) is 6. The molecular formula is C80H46N6S. The number of aromatic nitrogens is 4. The molecule has 0 aliphatic rings. The van der Waals surface area contributed by atoms with Gasteiger partial charge in [-0.2, -0.15) is 10.5 Å². The van der Waals surface area contributed by atoms with Gasteiger partial charge in [0.05, 0.1) is 71.6 Å². The number of benzene rings is 13. The second kappa shape index (κ2) is 18.9. The van der Waals surface area contributed by atoms with Crippen molar-refractivity contribution < 1.29 is 0 Å². The van der Waals surface area contributed by atoms with Crippen LogP contribution < -0.4 is 0 Å². The standard InChI is InChI=1S/C80H46N6S/c81-47-64-75(83-66-35-14-7-26-54(66)55-27-8-15-36-67(55)83)76(84-68-37-16-9-28-56(68)57-29-10-17-38-69(57)84)65(48-82)78(77(64)85-70-39-18-11-30-58(70)59-31-12-19-40-71(59)85)86-72-46-51(42-43-60(72)62-44-45-63-61-32-13-20-41-73(61)87-80(63)79(62)86)74-52(49-22-3-1-4-23-49)33-21-34-53(74)50-24-5-2-6-25-50/h1-46H. The lowest BCUT2D eigenvalue weighted by molar-refractivity contribution is 1.03. The molecule has 5 aromatic heterocycles. The molecule has 0 radical (unpaired) electrons. The van der Waals surface area contributed by atoms with E-state index in [0.717, 1.165) is 141 Å². The molecule has 18 aromatic rings. The second-order valence-corrected chi connectivity index (χ2v) is 23.5. The number of fused-ring (bicyclic) bond motifs is 16. The smallest absolute Gasteiger partial charge is 0.104 e. The molecule has 0 saturated carbocycles. The molecule has 0 aliphatic heterocycles. The van der Waals surface area contributed by atoms with Crippen LogP contribution in [0.15, 0.2) is 279 Å². The number of hydrogen-bond acceptors (Lipinski definition) is 3. The van der Waals surface area contributed by atoms with E-state index < -0.39 is 0 Å². The van der Waals surface area contributed by atoms with Gasteiger partial charge in [-0.05, 0) is 81.9 Å². The van der Waals surface area contributed by atoms with Crippen LogP contribution in [0, 0.1) is 22.7 Å². The van der Waals surface area contributed by atoms with E-state index in [2.05, 4.69) is 309 Å². The van der Waals surface area contributed by atoms with Crippen molar-refractivity contribution in [1.29, 1.82) is 10.5 Å². The fourth-order valence-electron chi connectivity index (χ4n) is 14.5. The van der Waals surface area contributed by atoms with Crippen molar-refractivity contribution in [3.63, 3.8) is 0 Å². The third-order valence-electron chi connectivity index (χ3n) is 18.0. The number of hydrogen-bond donors (Lipinski definition) is 0. The van der Waals surface area contributed by atoms with Crippen LogP contribution in [0.5, 0.6) is 0 Å². The van der Waals surface area contributed by atoms with Crippen LogP contribution in [-0.2, 0) is 0 Å². The van der Waals surface area contributed by atoms with E-state index in [1.807, 2.05) is 0 Å². The van der Waals surface area contributed by atoms with Gasteiger partial charge in [0.25, 0.3) is 0 Å². The molecule has 0 amide bonds. The summed E-state index contributed by atoms with van der Waals surface area (Å²) in [4.78, 5) is 0. The molecule has 0 unspecified atom stereocenters. The number of para-hydroxylation sites is 6. The minimum Gasteiger partial charge on any atom is -0.306 e. The summed E-state index contributed by atoms with van der Waals surface area (Å²) in [5.74, 6) is 0. The average molecular weight is 1120 g/mol. The minimum atomic E-state index is 0.409. The zero-order chi connectivity index (χ0) is 57.4. The molecule has 0 bridgehead atoms. The third kappa shape index (κ3) is 6.89. The molecule has 7 heteroatoms. The van der Waals surface area contributed by atoms with Crippen LogP contribution in [0.4, 0.5) is 0 Å². The maximum absolute atomic E-state index is 13.2. The zero-order valence-corrected chi connectivity index (χ0v) is 47.5. The summed E-state index contributed by atoms with van der Waals surface area (Å²) >= 11 is 1.77. The highest BCUT2D eigenvalue weighted by atomic mass is 32.1.